The first-order valence-corrected chi connectivity index (χ1v) is 10.4. The molecule has 0 amide bonds. The van der Waals surface area contributed by atoms with E-state index in [0.717, 1.165) is 39.1 Å². The van der Waals surface area contributed by atoms with Crippen LogP contribution in [0.4, 0.5) is 0 Å². The van der Waals surface area contributed by atoms with Crippen LogP contribution < -0.4 is 5.56 Å². The van der Waals surface area contributed by atoms with E-state index in [1.807, 2.05) is 81.3 Å². The maximum Gasteiger partial charge on any atom is 0.250 e. The van der Waals surface area contributed by atoms with Crippen LogP contribution in [0.5, 0.6) is 0 Å². The van der Waals surface area contributed by atoms with Crippen LogP contribution in [0.1, 0.15) is 30.5 Å². The fraction of sp³-hybridized carbons (Fsp3) is 0.185. The van der Waals surface area contributed by atoms with E-state index in [1.54, 1.807) is 17.7 Å². The molecule has 2 aromatic carbocycles. The van der Waals surface area contributed by atoms with Gasteiger partial charge in [0, 0.05) is 42.2 Å². The number of nitrogens with zero attached hydrogens (tertiary/aromatic N) is 3. The number of terminal acetylenes is 1. The van der Waals surface area contributed by atoms with E-state index < -0.39 is 0 Å². The zero-order valence-corrected chi connectivity index (χ0v) is 18.7. The first kappa shape index (κ1) is 21.9. The van der Waals surface area contributed by atoms with Crippen molar-refractivity contribution in [2.24, 2.45) is 7.05 Å². The molecule has 0 saturated carbocycles. The summed E-state index contributed by atoms with van der Waals surface area (Å²) < 4.78 is 3.42. The Kier molecular flexibility index (Phi) is 6.57. The van der Waals surface area contributed by atoms with E-state index in [4.69, 9.17) is 6.42 Å². The van der Waals surface area contributed by atoms with Gasteiger partial charge in [0.15, 0.2) is 0 Å². The molecule has 0 saturated heterocycles. The van der Waals surface area contributed by atoms with Gasteiger partial charge in [-0.05, 0) is 42.7 Å². The first-order chi connectivity index (χ1) is 15.0. The minimum atomic E-state index is -0.0470. The van der Waals surface area contributed by atoms with Crippen molar-refractivity contribution in [1.29, 1.82) is 0 Å². The van der Waals surface area contributed by atoms with E-state index in [9.17, 15) is 4.79 Å². The Morgan fingerprint density at radius 1 is 0.903 bits per heavy atom. The van der Waals surface area contributed by atoms with Gasteiger partial charge in [-0.15, -0.1) is 6.42 Å². The largest absolute Gasteiger partial charge is 0.318 e. The van der Waals surface area contributed by atoms with Gasteiger partial charge in [0.1, 0.15) is 0 Å². The fourth-order valence-corrected chi connectivity index (χ4v) is 3.37. The van der Waals surface area contributed by atoms with Gasteiger partial charge in [-0.3, -0.25) is 4.79 Å². The smallest absolute Gasteiger partial charge is 0.250 e. The van der Waals surface area contributed by atoms with Crippen molar-refractivity contribution in [2.45, 2.75) is 27.7 Å². The van der Waals surface area contributed by atoms with E-state index in [2.05, 4.69) is 23.2 Å². The average molecular weight is 410 g/mol. The lowest BCUT2D eigenvalue weighted by molar-refractivity contribution is 0.863. The van der Waals surface area contributed by atoms with Gasteiger partial charge in [-0.1, -0.05) is 55.7 Å². The van der Waals surface area contributed by atoms with Crippen molar-refractivity contribution < 1.29 is 0 Å². The lowest BCUT2D eigenvalue weighted by Crippen LogP contribution is -2.15. The molecule has 0 aliphatic rings. The van der Waals surface area contributed by atoms with E-state index >= 15 is 0 Å². The number of aryl methyl sites for hydroxylation is 3. The van der Waals surface area contributed by atoms with E-state index in [0.29, 0.717) is 0 Å². The molecule has 0 aliphatic heterocycles. The summed E-state index contributed by atoms with van der Waals surface area (Å²) in [6.45, 7) is 8.08. The molecule has 4 rings (SSSR count). The molecule has 2 heterocycles. The molecule has 4 aromatic rings. The van der Waals surface area contributed by atoms with Crippen molar-refractivity contribution in [1.82, 2.24) is 14.3 Å². The Labute approximate surface area is 183 Å². The molecule has 31 heavy (non-hydrogen) atoms. The third-order valence-electron chi connectivity index (χ3n) is 5.11. The van der Waals surface area contributed by atoms with Crippen molar-refractivity contribution in [3.63, 3.8) is 0 Å². The summed E-state index contributed by atoms with van der Waals surface area (Å²) in [6, 6.07) is 15.7. The van der Waals surface area contributed by atoms with Crippen LogP contribution in [-0.4, -0.2) is 14.3 Å². The third kappa shape index (κ3) is 4.51. The molecular formula is C27H27N3O. The molecule has 0 atom stereocenters. The number of hydrogen-bond donors (Lipinski definition) is 0. The molecule has 4 heteroatoms. The zero-order chi connectivity index (χ0) is 22.5. The number of hydrogen-bond acceptors (Lipinski definition) is 2. The highest BCUT2D eigenvalue weighted by atomic mass is 16.1. The van der Waals surface area contributed by atoms with Crippen molar-refractivity contribution >= 4 is 0 Å². The minimum absolute atomic E-state index is 0.0470. The topological polar surface area (TPSA) is 39.8 Å². The molecule has 0 fully saturated rings. The first-order valence-electron chi connectivity index (χ1n) is 10.4. The molecule has 0 N–H and O–H groups in total. The van der Waals surface area contributed by atoms with Gasteiger partial charge in [-0.25, -0.2) is 4.68 Å². The maximum absolute atomic E-state index is 12.3. The molecule has 0 spiro atoms. The molecule has 156 valence electrons. The fourth-order valence-electron chi connectivity index (χ4n) is 3.37. The van der Waals surface area contributed by atoms with Crippen LogP contribution in [0.15, 0.2) is 71.9 Å². The summed E-state index contributed by atoms with van der Waals surface area (Å²) in [4.78, 5) is 12.3. The standard InChI is InChI=1S/C25H21N3O.C2H6/c1-5-19-9-8-18(3)24(12-19)28-15-21(14-26-28)23-16-27(4)25(29)13-22(23)20-10-6-17(2)7-11-20;1-2/h1,6-16H,2-4H3;1-2H3. The van der Waals surface area contributed by atoms with Gasteiger partial charge >= 0.3 is 0 Å². The normalized spacial score (nSPS) is 10.2. The van der Waals surface area contributed by atoms with Crippen LogP contribution in [-0.2, 0) is 7.05 Å². The second-order valence-corrected chi connectivity index (χ2v) is 7.24. The van der Waals surface area contributed by atoms with Crippen molar-refractivity contribution in [3.05, 3.63) is 94.2 Å². The summed E-state index contributed by atoms with van der Waals surface area (Å²) in [7, 11) is 1.76. The Morgan fingerprint density at radius 2 is 1.61 bits per heavy atom. The van der Waals surface area contributed by atoms with Crippen LogP contribution in [0, 0.1) is 26.2 Å². The summed E-state index contributed by atoms with van der Waals surface area (Å²) in [6.07, 6.45) is 11.2. The SMILES string of the molecule is C#Cc1ccc(C)c(-n2cc(-c3cn(C)c(=O)cc3-c3ccc(C)cc3)cn2)c1.CC. The minimum Gasteiger partial charge on any atom is -0.318 e. The van der Waals surface area contributed by atoms with E-state index in [1.165, 1.54) is 5.56 Å². The summed E-state index contributed by atoms with van der Waals surface area (Å²) in [5.74, 6) is 2.67. The maximum atomic E-state index is 12.3. The Hall–Kier alpha value is -3.84. The van der Waals surface area contributed by atoms with Gasteiger partial charge in [-0.2, -0.15) is 5.10 Å². The Morgan fingerprint density at radius 3 is 2.29 bits per heavy atom. The Balaban J connectivity index is 0.00000132. The Bertz CT molecular complexity index is 1300. The van der Waals surface area contributed by atoms with Crippen LogP contribution in [0.3, 0.4) is 0 Å². The number of benzene rings is 2. The summed E-state index contributed by atoms with van der Waals surface area (Å²) >= 11 is 0. The molecule has 0 bridgehead atoms. The quantitative estimate of drug-likeness (QED) is 0.418. The number of aromatic nitrogens is 3. The monoisotopic (exact) mass is 409 g/mol. The van der Waals surface area contributed by atoms with Crippen molar-refractivity contribution in [2.75, 3.05) is 0 Å². The van der Waals surface area contributed by atoms with Gasteiger partial charge in [0.05, 0.1) is 11.9 Å². The molecular weight excluding hydrogens is 382 g/mol. The molecule has 2 aromatic heterocycles. The van der Waals surface area contributed by atoms with Gasteiger partial charge in [0.25, 0.3) is 5.56 Å². The zero-order valence-electron chi connectivity index (χ0n) is 18.7. The van der Waals surface area contributed by atoms with Crippen LogP contribution >= 0.6 is 0 Å². The predicted octanol–water partition coefficient (Wildman–Crippen LogP) is 5.53. The molecule has 0 unspecified atom stereocenters. The highest BCUT2D eigenvalue weighted by molar-refractivity contribution is 5.82. The van der Waals surface area contributed by atoms with Gasteiger partial charge < -0.3 is 4.57 Å². The predicted molar refractivity (Wildman–Crippen MR) is 128 cm³/mol. The van der Waals surface area contributed by atoms with Crippen LogP contribution in [0.25, 0.3) is 27.9 Å². The second-order valence-electron chi connectivity index (χ2n) is 7.24. The molecule has 4 nitrogen and oxygen atoms in total. The highest BCUT2D eigenvalue weighted by Gasteiger charge is 2.13. The molecule has 0 aliphatic carbocycles. The summed E-state index contributed by atoms with van der Waals surface area (Å²) in [5, 5.41) is 4.56. The van der Waals surface area contributed by atoms with Crippen LogP contribution in [0.2, 0.25) is 0 Å². The highest BCUT2D eigenvalue weighted by Crippen LogP contribution is 2.31. The lowest BCUT2D eigenvalue weighted by atomic mass is 9.97. The molecule has 0 radical (unpaired) electrons. The lowest BCUT2D eigenvalue weighted by Gasteiger charge is -2.11. The number of rotatable bonds is 3. The number of pyridine rings is 1. The summed E-state index contributed by atoms with van der Waals surface area (Å²) in [5.41, 5.74) is 7.74. The van der Waals surface area contributed by atoms with E-state index in [-0.39, 0.29) is 5.56 Å². The second kappa shape index (κ2) is 9.32. The third-order valence-corrected chi connectivity index (χ3v) is 5.11. The average Bonchev–Trinajstić information content (AvgIpc) is 3.27. The van der Waals surface area contributed by atoms with Gasteiger partial charge in [0.2, 0.25) is 0 Å². The van der Waals surface area contributed by atoms with Crippen molar-refractivity contribution in [3.8, 4) is 40.3 Å².